The van der Waals surface area contributed by atoms with Crippen LogP contribution >= 0.6 is 11.6 Å². The number of hydrogen-bond acceptors (Lipinski definition) is 3. The van der Waals surface area contributed by atoms with E-state index in [0.717, 1.165) is 12.0 Å². The van der Waals surface area contributed by atoms with Crippen molar-refractivity contribution in [1.82, 2.24) is 4.90 Å². The van der Waals surface area contributed by atoms with Gasteiger partial charge in [0.2, 0.25) is 0 Å². The van der Waals surface area contributed by atoms with E-state index in [4.69, 9.17) is 16.3 Å². The van der Waals surface area contributed by atoms with Gasteiger partial charge < -0.3 is 9.64 Å². The largest absolute Gasteiger partial charge is 0.462 e. The van der Waals surface area contributed by atoms with Crippen molar-refractivity contribution in [1.29, 1.82) is 0 Å². The highest BCUT2D eigenvalue weighted by Crippen LogP contribution is 2.19. The van der Waals surface area contributed by atoms with Crippen LogP contribution in [0.1, 0.15) is 41.6 Å². The van der Waals surface area contributed by atoms with Crippen molar-refractivity contribution in [2.24, 2.45) is 0 Å². The molecule has 148 valence electrons. The molecule has 1 aliphatic rings. The second-order valence-electron chi connectivity index (χ2n) is 6.94. The minimum atomic E-state index is -0.512. The minimum Gasteiger partial charge on any atom is -0.462 e. The van der Waals surface area contributed by atoms with Crippen molar-refractivity contribution >= 4 is 23.5 Å². The van der Waals surface area contributed by atoms with Gasteiger partial charge in [-0.05, 0) is 42.7 Å². The average Bonchev–Trinajstić information content (AvgIpc) is 2.70. The highest BCUT2D eigenvalue weighted by atomic mass is 35.5. The SMILES string of the molecule is O=C(CCCc1ccc(Cl)cc1)OC1CCN(C(=O)c2ccccc2F)CC1. The number of ether oxygens (including phenoxy) is 1. The lowest BCUT2D eigenvalue weighted by Gasteiger charge is -2.31. The zero-order chi connectivity index (χ0) is 19.9. The van der Waals surface area contributed by atoms with Crippen LogP contribution in [0.2, 0.25) is 5.02 Å². The van der Waals surface area contributed by atoms with Crippen LogP contribution in [0.25, 0.3) is 0 Å². The lowest BCUT2D eigenvalue weighted by molar-refractivity contribution is -0.151. The summed E-state index contributed by atoms with van der Waals surface area (Å²) < 4.78 is 19.3. The Balaban J connectivity index is 1.39. The first-order valence-corrected chi connectivity index (χ1v) is 9.88. The van der Waals surface area contributed by atoms with E-state index in [9.17, 15) is 14.0 Å². The molecule has 4 nitrogen and oxygen atoms in total. The number of benzene rings is 2. The van der Waals surface area contributed by atoms with E-state index in [2.05, 4.69) is 0 Å². The van der Waals surface area contributed by atoms with Gasteiger partial charge in [-0.2, -0.15) is 0 Å². The maximum absolute atomic E-state index is 13.8. The third kappa shape index (κ3) is 5.55. The van der Waals surface area contributed by atoms with Crippen LogP contribution in [0, 0.1) is 5.82 Å². The second kappa shape index (κ2) is 9.69. The molecular formula is C22H23ClFNO3. The number of likely N-dealkylation sites (tertiary alicyclic amines) is 1. The maximum atomic E-state index is 13.8. The van der Waals surface area contributed by atoms with Crippen molar-refractivity contribution in [3.05, 3.63) is 70.5 Å². The molecule has 0 aliphatic carbocycles. The van der Waals surface area contributed by atoms with E-state index in [-0.39, 0.29) is 23.5 Å². The van der Waals surface area contributed by atoms with Gasteiger partial charge in [0.05, 0.1) is 5.56 Å². The van der Waals surface area contributed by atoms with Crippen LogP contribution in [0.15, 0.2) is 48.5 Å². The lowest BCUT2D eigenvalue weighted by Crippen LogP contribution is -2.41. The zero-order valence-electron chi connectivity index (χ0n) is 15.6. The summed E-state index contributed by atoms with van der Waals surface area (Å²) in [5.41, 5.74) is 1.22. The first-order valence-electron chi connectivity index (χ1n) is 9.50. The molecule has 0 unspecified atom stereocenters. The van der Waals surface area contributed by atoms with Crippen molar-refractivity contribution < 1.29 is 18.7 Å². The standard InChI is InChI=1S/C22H23ClFNO3/c23-17-10-8-16(9-11-17)4-3-7-21(26)28-18-12-14-25(15-13-18)22(27)19-5-1-2-6-20(19)24/h1-2,5-6,8-11,18H,3-4,7,12-15H2. The van der Waals surface area contributed by atoms with E-state index >= 15 is 0 Å². The number of amides is 1. The minimum absolute atomic E-state index is 0.0835. The van der Waals surface area contributed by atoms with Crippen LogP contribution in [-0.4, -0.2) is 36.0 Å². The summed E-state index contributed by atoms with van der Waals surface area (Å²) in [6, 6.07) is 13.6. The van der Waals surface area contributed by atoms with Gasteiger partial charge in [-0.25, -0.2) is 4.39 Å². The molecule has 28 heavy (non-hydrogen) atoms. The maximum Gasteiger partial charge on any atom is 0.306 e. The quantitative estimate of drug-likeness (QED) is 0.659. The highest BCUT2D eigenvalue weighted by Gasteiger charge is 2.26. The molecule has 6 heteroatoms. The number of piperidine rings is 1. The molecule has 1 saturated heterocycles. The topological polar surface area (TPSA) is 46.6 Å². The van der Waals surface area contributed by atoms with E-state index < -0.39 is 5.82 Å². The van der Waals surface area contributed by atoms with Crippen LogP contribution in [-0.2, 0) is 16.0 Å². The lowest BCUT2D eigenvalue weighted by atomic mass is 10.1. The molecule has 0 bridgehead atoms. The van der Waals surface area contributed by atoms with Crippen molar-refractivity contribution in [2.45, 2.75) is 38.2 Å². The van der Waals surface area contributed by atoms with Gasteiger partial charge in [-0.3, -0.25) is 9.59 Å². The summed E-state index contributed by atoms with van der Waals surface area (Å²) in [6.45, 7) is 0.909. The van der Waals surface area contributed by atoms with E-state index in [1.54, 1.807) is 17.0 Å². The molecule has 3 rings (SSSR count). The van der Waals surface area contributed by atoms with E-state index in [1.807, 2.05) is 24.3 Å². The Labute approximate surface area is 169 Å². The first-order chi connectivity index (χ1) is 13.5. The summed E-state index contributed by atoms with van der Waals surface area (Å²) >= 11 is 5.86. The van der Waals surface area contributed by atoms with E-state index in [1.165, 1.54) is 12.1 Å². The Morgan fingerprint density at radius 1 is 1.07 bits per heavy atom. The Morgan fingerprint density at radius 3 is 2.43 bits per heavy atom. The van der Waals surface area contributed by atoms with Crippen LogP contribution in [0.3, 0.4) is 0 Å². The Bertz CT molecular complexity index is 817. The fourth-order valence-electron chi connectivity index (χ4n) is 3.31. The molecule has 0 aromatic heterocycles. The van der Waals surface area contributed by atoms with Crippen LogP contribution in [0.4, 0.5) is 4.39 Å². The summed E-state index contributed by atoms with van der Waals surface area (Å²) in [6.07, 6.45) is 2.82. The van der Waals surface area contributed by atoms with Crippen LogP contribution in [0.5, 0.6) is 0 Å². The van der Waals surface area contributed by atoms with E-state index in [0.29, 0.717) is 43.8 Å². The average molecular weight is 404 g/mol. The predicted octanol–water partition coefficient (Wildman–Crippen LogP) is 4.65. The summed E-state index contributed by atoms with van der Waals surface area (Å²) in [5, 5.41) is 0.697. The highest BCUT2D eigenvalue weighted by molar-refractivity contribution is 6.30. The van der Waals surface area contributed by atoms with Gasteiger partial charge in [-0.1, -0.05) is 35.9 Å². The Morgan fingerprint density at radius 2 is 1.75 bits per heavy atom. The molecule has 0 atom stereocenters. The van der Waals surface area contributed by atoms with Crippen molar-refractivity contribution in [3.63, 3.8) is 0 Å². The molecule has 1 amide bonds. The summed E-state index contributed by atoms with van der Waals surface area (Å²) in [7, 11) is 0. The third-order valence-corrected chi connectivity index (χ3v) is 5.14. The number of halogens is 2. The molecule has 1 fully saturated rings. The fourth-order valence-corrected chi connectivity index (χ4v) is 3.44. The molecule has 1 aliphatic heterocycles. The molecule has 2 aromatic rings. The molecule has 0 N–H and O–H groups in total. The summed E-state index contributed by atoms with van der Waals surface area (Å²) in [5.74, 6) is -1.04. The molecule has 1 heterocycles. The van der Waals surface area contributed by atoms with Gasteiger partial charge in [0.1, 0.15) is 11.9 Å². The smallest absolute Gasteiger partial charge is 0.306 e. The van der Waals surface area contributed by atoms with Gasteiger partial charge in [0.15, 0.2) is 0 Å². The van der Waals surface area contributed by atoms with Gasteiger partial charge in [0.25, 0.3) is 5.91 Å². The van der Waals surface area contributed by atoms with Crippen LogP contribution < -0.4 is 0 Å². The predicted molar refractivity (Wildman–Crippen MR) is 106 cm³/mol. The number of rotatable bonds is 6. The number of hydrogen-bond donors (Lipinski definition) is 0. The molecular weight excluding hydrogens is 381 g/mol. The number of carbonyl (C=O) groups excluding carboxylic acids is 2. The number of aryl methyl sites for hydroxylation is 1. The number of esters is 1. The molecule has 0 saturated carbocycles. The number of nitrogens with zero attached hydrogens (tertiary/aromatic N) is 1. The Kier molecular flexibility index (Phi) is 7.04. The number of carbonyl (C=O) groups is 2. The molecule has 0 radical (unpaired) electrons. The van der Waals surface area contributed by atoms with Crippen molar-refractivity contribution in [2.75, 3.05) is 13.1 Å². The van der Waals surface area contributed by atoms with Gasteiger partial charge >= 0.3 is 5.97 Å². The van der Waals surface area contributed by atoms with Gasteiger partial charge in [0, 0.05) is 37.4 Å². The molecule has 2 aromatic carbocycles. The fraction of sp³-hybridized carbons (Fsp3) is 0.364. The summed E-state index contributed by atoms with van der Waals surface area (Å²) in [4.78, 5) is 26.1. The van der Waals surface area contributed by atoms with Crippen molar-refractivity contribution in [3.8, 4) is 0 Å². The third-order valence-electron chi connectivity index (χ3n) is 4.89. The monoisotopic (exact) mass is 403 g/mol. The Hall–Kier alpha value is -2.40. The molecule has 0 spiro atoms. The van der Waals surface area contributed by atoms with Gasteiger partial charge in [-0.15, -0.1) is 0 Å². The normalized spacial score (nSPS) is 14.7. The second-order valence-corrected chi connectivity index (χ2v) is 7.38. The first kappa shape index (κ1) is 20.3. The zero-order valence-corrected chi connectivity index (χ0v) is 16.3.